The standard InChI is InChI=1S/C18H26N2O4/c1-4-13(12(2)3)11-16(21)20-15-7-5-14(6-8-15)18(24)19-10-9-17(22)23/h5-8,12-13H,4,9-11H2,1-3H3,(H,19,24)(H,20,21)(H,22,23). The van der Waals surface area contributed by atoms with Crippen LogP contribution in [0.15, 0.2) is 24.3 Å². The molecule has 3 N–H and O–H groups in total. The maximum Gasteiger partial charge on any atom is 0.305 e. The summed E-state index contributed by atoms with van der Waals surface area (Å²) in [6.07, 6.45) is 1.32. The number of hydrogen-bond donors (Lipinski definition) is 3. The van der Waals surface area contributed by atoms with E-state index in [1.54, 1.807) is 24.3 Å². The Kier molecular flexibility index (Phi) is 7.95. The number of carboxylic acids is 1. The Hall–Kier alpha value is -2.37. The van der Waals surface area contributed by atoms with Crippen LogP contribution in [0.5, 0.6) is 0 Å². The molecule has 1 rings (SSSR count). The number of anilines is 1. The summed E-state index contributed by atoms with van der Waals surface area (Å²) in [7, 11) is 0. The van der Waals surface area contributed by atoms with E-state index in [1.165, 1.54) is 0 Å². The second-order valence-electron chi connectivity index (χ2n) is 6.14. The first kappa shape index (κ1) is 19.7. The highest BCUT2D eigenvalue weighted by atomic mass is 16.4. The number of carboxylic acid groups (broad SMARTS) is 1. The zero-order chi connectivity index (χ0) is 18.1. The highest BCUT2D eigenvalue weighted by Crippen LogP contribution is 2.20. The number of nitrogens with one attached hydrogen (secondary N) is 2. The van der Waals surface area contributed by atoms with Crippen LogP contribution >= 0.6 is 0 Å². The molecule has 0 radical (unpaired) electrons. The van der Waals surface area contributed by atoms with Gasteiger partial charge in [0.2, 0.25) is 5.91 Å². The Labute approximate surface area is 142 Å². The van der Waals surface area contributed by atoms with Crippen LogP contribution in [-0.4, -0.2) is 29.4 Å². The topological polar surface area (TPSA) is 95.5 Å². The van der Waals surface area contributed by atoms with Gasteiger partial charge < -0.3 is 15.7 Å². The maximum absolute atomic E-state index is 12.1. The third-order valence-electron chi connectivity index (χ3n) is 3.97. The van der Waals surface area contributed by atoms with Crippen molar-refractivity contribution in [1.82, 2.24) is 5.32 Å². The summed E-state index contributed by atoms with van der Waals surface area (Å²) in [6, 6.07) is 6.54. The van der Waals surface area contributed by atoms with Crippen LogP contribution in [0.3, 0.4) is 0 Å². The molecule has 1 aromatic rings. The van der Waals surface area contributed by atoms with Crippen LogP contribution in [0.2, 0.25) is 0 Å². The molecule has 0 aromatic heterocycles. The van der Waals surface area contributed by atoms with Gasteiger partial charge >= 0.3 is 5.97 Å². The fourth-order valence-corrected chi connectivity index (χ4v) is 2.39. The van der Waals surface area contributed by atoms with Crippen molar-refractivity contribution in [3.05, 3.63) is 29.8 Å². The molecule has 24 heavy (non-hydrogen) atoms. The first-order chi connectivity index (χ1) is 11.3. The van der Waals surface area contributed by atoms with Gasteiger partial charge in [-0.1, -0.05) is 27.2 Å². The van der Waals surface area contributed by atoms with Crippen LogP contribution in [0, 0.1) is 11.8 Å². The molecule has 0 spiro atoms. The molecule has 0 saturated heterocycles. The van der Waals surface area contributed by atoms with Crippen LogP contribution in [0.4, 0.5) is 5.69 Å². The van der Waals surface area contributed by atoms with Gasteiger partial charge in [-0.05, 0) is 36.1 Å². The highest BCUT2D eigenvalue weighted by Gasteiger charge is 2.15. The molecule has 0 fully saturated rings. The van der Waals surface area contributed by atoms with E-state index in [0.29, 0.717) is 29.5 Å². The number of aliphatic carboxylic acids is 1. The zero-order valence-corrected chi connectivity index (χ0v) is 14.5. The summed E-state index contributed by atoms with van der Waals surface area (Å²) in [4.78, 5) is 34.3. The summed E-state index contributed by atoms with van der Waals surface area (Å²) in [5, 5.41) is 13.9. The maximum atomic E-state index is 12.1. The number of hydrogen-bond acceptors (Lipinski definition) is 3. The molecule has 6 heteroatoms. The number of carbonyl (C=O) groups is 3. The van der Waals surface area contributed by atoms with Gasteiger partial charge in [-0.25, -0.2) is 0 Å². The molecule has 0 aliphatic heterocycles. The Morgan fingerprint density at radius 1 is 1.12 bits per heavy atom. The molecule has 0 aliphatic carbocycles. The minimum Gasteiger partial charge on any atom is -0.481 e. The van der Waals surface area contributed by atoms with Crippen molar-refractivity contribution in [2.24, 2.45) is 11.8 Å². The Morgan fingerprint density at radius 3 is 2.25 bits per heavy atom. The smallest absolute Gasteiger partial charge is 0.305 e. The zero-order valence-electron chi connectivity index (χ0n) is 14.5. The second kappa shape index (κ2) is 9.70. The summed E-state index contributed by atoms with van der Waals surface area (Å²) in [5.41, 5.74) is 1.06. The molecule has 6 nitrogen and oxygen atoms in total. The van der Waals surface area contributed by atoms with E-state index in [-0.39, 0.29) is 24.8 Å². The van der Waals surface area contributed by atoms with Gasteiger partial charge in [0.25, 0.3) is 5.91 Å². The average molecular weight is 334 g/mol. The third kappa shape index (κ3) is 6.81. The second-order valence-corrected chi connectivity index (χ2v) is 6.14. The number of rotatable bonds is 9. The number of amides is 2. The Balaban J connectivity index is 2.53. The van der Waals surface area contributed by atoms with Gasteiger partial charge in [0.05, 0.1) is 6.42 Å². The third-order valence-corrected chi connectivity index (χ3v) is 3.97. The van der Waals surface area contributed by atoms with E-state index in [2.05, 4.69) is 31.4 Å². The van der Waals surface area contributed by atoms with Gasteiger partial charge in [-0.15, -0.1) is 0 Å². The molecule has 2 amide bonds. The SMILES string of the molecule is CCC(CC(=O)Nc1ccc(C(=O)NCCC(=O)O)cc1)C(C)C. The molecule has 132 valence electrons. The van der Waals surface area contributed by atoms with E-state index in [9.17, 15) is 14.4 Å². The van der Waals surface area contributed by atoms with Crippen molar-refractivity contribution >= 4 is 23.5 Å². The quantitative estimate of drug-likeness (QED) is 0.647. The summed E-state index contributed by atoms with van der Waals surface area (Å²) in [5.74, 6) is -0.517. The molecule has 1 unspecified atom stereocenters. The summed E-state index contributed by atoms with van der Waals surface area (Å²) < 4.78 is 0. The van der Waals surface area contributed by atoms with Crippen LogP contribution in [-0.2, 0) is 9.59 Å². The van der Waals surface area contributed by atoms with Crippen LogP contribution in [0.1, 0.15) is 50.4 Å². The average Bonchev–Trinajstić information content (AvgIpc) is 2.52. The fraction of sp³-hybridized carbons (Fsp3) is 0.500. The van der Waals surface area contributed by atoms with Crippen molar-refractivity contribution in [2.75, 3.05) is 11.9 Å². The van der Waals surface area contributed by atoms with Gasteiger partial charge in [-0.2, -0.15) is 0 Å². The lowest BCUT2D eigenvalue weighted by molar-refractivity contribution is -0.136. The lowest BCUT2D eigenvalue weighted by Gasteiger charge is -2.18. The normalized spacial score (nSPS) is 11.8. The van der Waals surface area contributed by atoms with E-state index >= 15 is 0 Å². The molecule has 0 aliphatic rings. The lowest BCUT2D eigenvalue weighted by atomic mass is 9.90. The molecule has 1 aromatic carbocycles. The van der Waals surface area contributed by atoms with Crippen LogP contribution in [0.25, 0.3) is 0 Å². The van der Waals surface area contributed by atoms with Gasteiger partial charge in [0.15, 0.2) is 0 Å². The number of benzene rings is 1. The van der Waals surface area contributed by atoms with E-state index in [0.717, 1.165) is 6.42 Å². The minimum absolute atomic E-state index is 0.0331. The largest absolute Gasteiger partial charge is 0.481 e. The highest BCUT2D eigenvalue weighted by molar-refractivity contribution is 5.96. The summed E-state index contributed by atoms with van der Waals surface area (Å²) in [6.45, 7) is 6.38. The summed E-state index contributed by atoms with van der Waals surface area (Å²) >= 11 is 0. The monoisotopic (exact) mass is 334 g/mol. The molecule has 0 heterocycles. The van der Waals surface area contributed by atoms with Crippen molar-refractivity contribution < 1.29 is 19.5 Å². The van der Waals surface area contributed by atoms with Gasteiger partial charge in [-0.3, -0.25) is 14.4 Å². The van der Waals surface area contributed by atoms with Crippen molar-refractivity contribution in [3.8, 4) is 0 Å². The van der Waals surface area contributed by atoms with Crippen molar-refractivity contribution in [2.45, 2.75) is 40.0 Å². The Bertz CT molecular complexity index is 567. The molecular weight excluding hydrogens is 308 g/mol. The molecular formula is C18H26N2O4. The van der Waals surface area contributed by atoms with Crippen molar-refractivity contribution in [3.63, 3.8) is 0 Å². The number of carbonyl (C=O) groups excluding carboxylic acids is 2. The van der Waals surface area contributed by atoms with E-state index < -0.39 is 5.97 Å². The first-order valence-electron chi connectivity index (χ1n) is 8.23. The van der Waals surface area contributed by atoms with E-state index in [1.807, 2.05) is 0 Å². The molecule has 0 bridgehead atoms. The predicted molar refractivity (Wildman–Crippen MR) is 92.9 cm³/mol. The predicted octanol–water partition coefficient (Wildman–Crippen LogP) is 2.90. The van der Waals surface area contributed by atoms with Crippen LogP contribution < -0.4 is 10.6 Å². The van der Waals surface area contributed by atoms with Gasteiger partial charge in [0.1, 0.15) is 0 Å². The Morgan fingerprint density at radius 2 is 1.75 bits per heavy atom. The first-order valence-corrected chi connectivity index (χ1v) is 8.23. The lowest BCUT2D eigenvalue weighted by Crippen LogP contribution is -2.26. The van der Waals surface area contributed by atoms with Gasteiger partial charge in [0, 0.05) is 24.2 Å². The minimum atomic E-state index is -0.958. The van der Waals surface area contributed by atoms with Crippen molar-refractivity contribution in [1.29, 1.82) is 0 Å². The molecule has 0 saturated carbocycles. The van der Waals surface area contributed by atoms with E-state index in [4.69, 9.17) is 5.11 Å². The molecule has 1 atom stereocenters. The fourth-order valence-electron chi connectivity index (χ4n) is 2.39.